The molecule has 5 heteroatoms. The third-order valence-corrected chi connectivity index (χ3v) is 3.27. The Balaban J connectivity index is 2.67. The molecule has 0 amide bonds. The number of aryl methyl sites for hydroxylation is 1. The summed E-state index contributed by atoms with van der Waals surface area (Å²) in [5.41, 5.74) is 0.0475. The minimum Gasteiger partial charge on any atom is -0.461 e. The smallest absolute Gasteiger partial charge is 0.356 e. The van der Waals surface area contributed by atoms with Gasteiger partial charge in [0.2, 0.25) is 0 Å². The molecule has 1 N–H and O–H groups in total. The molecule has 1 aromatic heterocycles. The van der Waals surface area contributed by atoms with E-state index in [0.717, 1.165) is 11.3 Å². The summed E-state index contributed by atoms with van der Waals surface area (Å²) in [7, 11) is 0. The van der Waals surface area contributed by atoms with Gasteiger partial charge in [-0.15, -0.1) is 11.3 Å². The Morgan fingerprint density at radius 1 is 1.44 bits per heavy atom. The number of esters is 1. The molecule has 88 valence electrons. The molecule has 0 radical (unpaired) electrons. The van der Waals surface area contributed by atoms with Crippen LogP contribution < -0.4 is 0 Å². The van der Waals surface area contributed by atoms with E-state index in [2.05, 4.69) is 12.1 Å². The molecule has 4 nitrogen and oxygen atoms in total. The fraction of sp³-hybridized carbons (Fsp3) is 0.455. The topological polar surface area (TPSA) is 58.9 Å². The molecule has 0 unspecified atom stereocenters. The van der Waals surface area contributed by atoms with E-state index in [0.29, 0.717) is 6.42 Å². The molecular weight excluding hydrogens is 226 g/mol. The Labute approximate surface area is 98.5 Å². The van der Waals surface area contributed by atoms with Crippen LogP contribution in [0, 0.1) is 0 Å². The Hall–Kier alpha value is -1.36. The molecule has 0 aliphatic carbocycles. The Morgan fingerprint density at radius 3 is 2.62 bits per heavy atom. The Bertz CT molecular complexity index is 384. The first kappa shape index (κ1) is 12.7. The highest BCUT2D eigenvalue weighted by atomic mass is 32.1. The van der Waals surface area contributed by atoms with Crippen LogP contribution in [0.25, 0.3) is 0 Å². The van der Waals surface area contributed by atoms with E-state index in [4.69, 9.17) is 9.94 Å². The summed E-state index contributed by atoms with van der Waals surface area (Å²) in [6.07, 6.45) is 1.29. The number of carbonyl (C=O) groups excluding carboxylic acids is 1. The van der Waals surface area contributed by atoms with E-state index in [1.165, 1.54) is 4.88 Å². The SMILES string of the molecule is CCOC(=O)C(Cc1ccc(CC)s1)=NO. The van der Waals surface area contributed by atoms with Crippen molar-refractivity contribution in [1.29, 1.82) is 0 Å². The van der Waals surface area contributed by atoms with E-state index in [1.54, 1.807) is 18.3 Å². The highest BCUT2D eigenvalue weighted by molar-refractivity contribution is 7.12. The second-order valence-electron chi connectivity index (χ2n) is 3.17. The van der Waals surface area contributed by atoms with Gasteiger partial charge in [-0.2, -0.15) is 0 Å². The fourth-order valence-corrected chi connectivity index (χ4v) is 2.20. The van der Waals surface area contributed by atoms with Gasteiger partial charge < -0.3 is 9.94 Å². The first-order valence-electron chi connectivity index (χ1n) is 5.16. The van der Waals surface area contributed by atoms with Crippen molar-refractivity contribution in [2.45, 2.75) is 26.7 Å². The lowest BCUT2D eigenvalue weighted by Gasteiger charge is -2.02. The summed E-state index contributed by atoms with van der Waals surface area (Å²) in [4.78, 5) is 13.6. The number of hydrogen-bond donors (Lipinski definition) is 1. The van der Waals surface area contributed by atoms with Gasteiger partial charge >= 0.3 is 5.97 Å². The van der Waals surface area contributed by atoms with Gasteiger partial charge in [0.1, 0.15) is 0 Å². The standard InChI is InChI=1S/C11H15NO3S/c1-3-8-5-6-9(16-8)7-10(12-14)11(13)15-4-2/h5-6,14H,3-4,7H2,1-2H3. The first-order valence-corrected chi connectivity index (χ1v) is 5.98. The van der Waals surface area contributed by atoms with Gasteiger partial charge in [-0.1, -0.05) is 12.1 Å². The number of rotatable bonds is 5. The molecule has 0 aliphatic heterocycles. The number of nitrogens with zero attached hydrogens (tertiary/aromatic N) is 1. The molecule has 0 aromatic carbocycles. The maximum absolute atomic E-state index is 11.3. The van der Waals surface area contributed by atoms with Crippen LogP contribution in [0.4, 0.5) is 0 Å². The van der Waals surface area contributed by atoms with Gasteiger partial charge in [0, 0.05) is 16.2 Å². The molecule has 1 aromatic rings. The number of carbonyl (C=O) groups is 1. The predicted octanol–water partition coefficient (Wildman–Crippen LogP) is 2.25. The van der Waals surface area contributed by atoms with Crippen LogP contribution in [0.5, 0.6) is 0 Å². The van der Waals surface area contributed by atoms with Gasteiger partial charge in [0.25, 0.3) is 0 Å². The molecule has 1 rings (SSSR count). The number of thiophene rings is 1. The summed E-state index contributed by atoms with van der Waals surface area (Å²) in [5.74, 6) is -0.559. The Morgan fingerprint density at radius 2 is 2.12 bits per heavy atom. The van der Waals surface area contributed by atoms with Crippen molar-refractivity contribution >= 4 is 23.0 Å². The average molecular weight is 241 g/mol. The normalized spacial score (nSPS) is 11.5. The second-order valence-corrected chi connectivity index (χ2v) is 4.42. The largest absolute Gasteiger partial charge is 0.461 e. The third-order valence-electron chi connectivity index (χ3n) is 2.04. The van der Waals surface area contributed by atoms with Crippen LogP contribution in [-0.2, 0) is 22.4 Å². The van der Waals surface area contributed by atoms with E-state index in [9.17, 15) is 4.79 Å². The quantitative estimate of drug-likeness (QED) is 0.372. The maximum atomic E-state index is 11.3. The lowest BCUT2D eigenvalue weighted by molar-refractivity contribution is -0.135. The lowest BCUT2D eigenvalue weighted by Crippen LogP contribution is -2.19. The van der Waals surface area contributed by atoms with E-state index >= 15 is 0 Å². The molecule has 0 bridgehead atoms. The molecule has 1 heterocycles. The number of oxime groups is 1. The lowest BCUT2D eigenvalue weighted by atomic mass is 10.2. The van der Waals surface area contributed by atoms with Gasteiger partial charge in [-0.3, -0.25) is 0 Å². The number of hydrogen-bond acceptors (Lipinski definition) is 5. The zero-order valence-corrected chi connectivity index (χ0v) is 10.2. The van der Waals surface area contributed by atoms with Crippen molar-refractivity contribution in [3.8, 4) is 0 Å². The van der Waals surface area contributed by atoms with Crippen molar-refractivity contribution in [2.75, 3.05) is 6.61 Å². The van der Waals surface area contributed by atoms with E-state index in [1.807, 2.05) is 12.1 Å². The molecule has 0 atom stereocenters. The van der Waals surface area contributed by atoms with Gasteiger partial charge in [0.15, 0.2) is 5.71 Å². The van der Waals surface area contributed by atoms with Crippen molar-refractivity contribution in [3.63, 3.8) is 0 Å². The third kappa shape index (κ3) is 3.34. The van der Waals surface area contributed by atoms with Crippen molar-refractivity contribution in [3.05, 3.63) is 21.9 Å². The minimum atomic E-state index is -0.559. The monoisotopic (exact) mass is 241 g/mol. The molecular formula is C11H15NO3S. The van der Waals surface area contributed by atoms with Crippen LogP contribution in [0.2, 0.25) is 0 Å². The van der Waals surface area contributed by atoms with Crippen LogP contribution in [0.15, 0.2) is 17.3 Å². The van der Waals surface area contributed by atoms with Gasteiger partial charge in [-0.25, -0.2) is 4.79 Å². The zero-order valence-electron chi connectivity index (χ0n) is 9.40. The average Bonchev–Trinajstić information content (AvgIpc) is 2.73. The van der Waals surface area contributed by atoms with Gasteiger partial charge in [-0.05, 0) is 25.5 Å². The zero-order chi connectivity index (χ0) is 12.0. The molecule has 0 saturated carbocycles. The highest BCUT2D eigenvalue weighted by Crippen LogP contribution is 2.18. The maximum Gasteiger partial charge on any atom is 0.356 e. The first-order chi connectivity index (χ1) is 7.71. The summed E-state index contributed by atoms with van der Waals surface area (Å²) in [5, 5.41) is 11.7. The summed E-state index contributed by atoms with van der Waals surface area (Å²) in [6, 6.07) is 3.95. The molecule has 0 spiro atoms. The van der Waals surface area contributed by atoms with Crippen LogP contribution in [0.3, 0.4) is 0 Å². The van der Waals surface area contributed by atoms with Crippen LogP contribution in [-0.4, -0.2) is 23.5 Å². The summed E-state index contributed by atoms with van der Waals surface area (Å²) < 4.78 is 4.78. The van der Waals surface area contributed by atoms with Crippen molar-refractivity contribution in [2.24, 2.45) is 5.16 Å². The predicted molar refractivity (Wildman–Crippen MR) is 63.3 cm³/mol. The van der Waals surface area contributed by atoms with Crippen molar-refractivity contribution in [1.82, 2.24) is 0 Å². The van der Waals surface area contributed by atoms with Gasteiger partial charge in [0.05, 0.1) is 6.61 Å². The molecule has 16 heavy (non-hydrogen) atoms. The number of ether oxygens (including phenoxy) is 1. The summed E-state index contributed by atoms with van der Waals surface area (Å²) in [6.45, 7) is 4.07. The highest BCUT2D eigenvalue weighted by Gasteiger charge is 2.15. The molecule has 0 saturated heterocycles. The fourth-order valence-electron chi connectivity index (χ4n) is 1.24. The molecule has 0 fully saturated rings. The van der Waals surface area contributed by atoms with E-state index < -0.39 is 5.97 Å². The van der Waals surface area contributed by atoms with Crippen LogP contribution >= 0.6 is 11.3 Å². The summed E-state index contributed by atoms with van der Waals surface area (Å²) >= 11 is 1.61. The molecule has 0 aliphatic rings. The minimum absolute atomic E-state index is 0.0475. The second kappa shape index (κ2) is 6.27. The Kier molecular flexibility index (Phi) is 4.98. The van der Waals surface area contributed by atoms with Crippen molar-refractivity contribution < 1.29 is 14.7 Å². The van der Waals surface area contributed by atoms with Crippen LogP contribution in [0.1, 0.15) is 23.6 Å². The van der Waals surface area contributed by atoms with E-state index in [-0.39, 0.29) is 12.3 Å².